The highest BCUT2D eigenvalue weighted by molar-refractivity contribution is 6.31. The number of halogens is 1. The zero-order valence-electron chi connectivity index (χ0n) is 12.7. The normalized spacial score (nSPS) is 14.3. The highest BCUT2D eigenvalue weighted by Crippen LogP contribution is 2.37. The summed E-state index contributed by atoms with van der Waals surface area (Å²) in [4.78, 5) is 35.5. The maximum absolute atomic E-state index is 12.3. The molecule has 0 aromatic heterocycles. The third kappa shape index (κ3) is 2.78. The summed E-state index contributed by atoms with van der Waals surface area (Å²) in [5, 5.41) is 5.29. The average Bonchev–Trinajstić information content (AvgIpc) is 3.12. The van der Waals surface area contributed by atoms with Gasteiger partial charge in [-0.1, -0.05) is 11.6 Å². The van der Waals surface area contributed by atoms with Crippen LogP contribution in [0.4, 0.5) is 5.69 Å². The number of carbonyl (C=O) groups is 3. The van der Waals surface area contributed by atoms with Crippen molar-refractivity contribution in [3.63, 3.8) is 0 Å². The predicted octanol–water partition coefficient (Wildman–Crippen LogP) is 2.13. The minimum Gasteiger partial charge on any atom is -0.454 e. The van der Waals surface area contributed by atoms with Gasteiger partial charge in [0.2, 0.25) is 12.7 Å². The Labute approximate surface area is 146 Å². The van der Waals surface area contributed by atoms with Crippen molar-refractivity contribution in [1.29, 1.82) is 0 Å². The lowest BCUT2D eigenvalue weighted by Crippen LogP contribution is -2.19. The summed E-state index contributed by atoms with van der Waals surface area (Å²) in [6, 6.07) is 7.81. The molecule has 0 fully saturated rings. The van der Waals surface area contributed by atoms with Crippen molar-refractivity contribution in [2.75, 3.05) is 12.1 Å². The number of rotatable bonds is 3. The Hall–Kier alpha value is -3.06. The van der Waals surface area contributed by atoms with Crippen molar-refractivity contribution in [2.45, 2.75) is 6.42 Å². The largest absolute Gasteiger partial charge is 0.454 e. The van der Waals surface area contributed by atoms with Gasteiger partial charge in [0.1, 0.15) is 0 Å². The summed E-state index contributed by atoms with van der Waals surface area (Å²) in [6.45, 7) is 0.122. The van der Waals surface area contributed by atoms with Crippen LogP contribution in [0.1, 0.15) is 26.3 Å². The number of hydrogen-bond acceptors (Lipinski definition) is 5. The number of hydrogen-bond donors (Lipinski definition) is 2. The smallest absolute Gasteiger partial charge is 0.259 e. The fraction of sp³-hybridized carbons (Fsp3) is 0.118. The summed E-state index contributed by atoms with van der Waals surface area (Å²) >= 11 is 6.16. The van der Waals surface area contributed by atoms with E-state index in [1.807, 2.05) is 0 Å². The van der Waals surface area contributed by atoms with Crippen LogP contribution in [0.15, 0.2) is 30.3 Å². The summed E-state index contributed by atoms with van der Waals surface area (Å²) in [6.07, 6.45) is 0.0255. The Morgan fingerprint density at radius 1 is 1.08 bits per heavy atom. The van der Waals surface area contributed by atoms with Crippen LogP contribution in [0.25, 0.3) is 0 Å². The first-order valence-electron chi connectivity index (χ1n) is 7.39. The second-order valence-corrected chi connectivity index (χ2v) is 5.97. The molecule has 25 heavy (non-hydrogen) atoms. The van der Waals surface area contributed by atoms with Gasteiger partial charge in [-0.25, -0.2) is 0 Å². The maximum Gasteiger partial charge on any atom is 0.259 e. The number of amides is 3. The molecule has 3 amide bonds. The van der Waals surface area contributed by atoms with Gasteiger partial charge in [0.25, 0.3) is 11.8 Å². The van der Waals surface area contributed by atoms with Gasteiger partial charge in [-0.2, -0.15) is 0 Å². The Morgan fingerprint density at radius 3 is 2.60 bits per heavy atom. The molecule has 2 aliphatic rings. The molecule has 0 bridgehead atoms. The SMILES string of the molecule is O=C(Cc1cc2c(cc1Cl)OCO2)Nc1ccc2c(c1)C(=O)NC2=O. The Morgan fingerprint density at radius 2 is 1.80 bits per heavy atom. The minimum atomic E-state index is -0.477. The number of carbonyl (C=O) groups excluding carboxylic acids is 3. The second kappa shape index (κ2) is 5.78. The summed E-state index contributed by atoms with van der Waals surface area (Å²) in [5.74, 6) is -0.145. The van der Waals surface area contributed by atoms with E-state index in [4.69, 9.17) is 21.1 Å². The van der Waals surface area contributed by atoms with Gasteiger partial charge in [0.05, 0.1) is 17.5 Å². The summed E-state index contributed by atoms with van der Waals surface area (Å²) < 4.78 is 10.5. The molecule has 126 valence electrons. The molecule has 2 N–H and O–H groups in total. The van der Waals surface area contributed by atoms with E-state index in [0.717, 1.165) is 0 Å². The number of anilines is 1. The van der Waals surface area contributed by atoms with Crippen LogP contribution in [0.5, 0.6) is 11.5 Å². The standard InChI is InChI=1S/C17H11ClN2O5/c18-12-6-14-13(24-7-25-14)3-8(12)4-15(21)19-9-1-2-10-11(5-9)17(23)20-16(10)22/h1-3,5-6H,4,7H2,(H,19,21)(H,20,22,23). The van der Waals surface area contributed by atoms with Crippen LogP contribution in [-0.2, 0) is 11.2 Å². The molecule has 0 spiro atoms. The predicted molar refractivity (Wildman–Crippen MR) is 88.1 cm³/mol. The quantitative estimate of drug-likeness (QED) is 0.820. The molecule has 2 aromatic rings. The number of nitrogens with one attached hydrogen (secondary N) is 2. The Balaban J connectivity index is 1.51. The third-order valence-corrected chi connectivity index (χ3v) is 4.26. The lowest BCUT2D eigenvalue weighted by Gasteiger charge is -2.08. The highest BCUT2D eigenvalue weighted by atomic mass is 35.5. The molecule has 2 heterocycles. The van der Waals surface area contributed by atoms with Gasteiger partial charge in [-0.05, 0) is 29.8 Å². The van der Waals surface area contributed by atoms with Gasteiger partial charge >= 0.3 is 0 Å². The third-order valence-electron chi connectivity index (χ3n) is 3.91. The average molecular weight is 359 g/mol. The maximum atomic E-state index is 12.3. The first-order chi connectivity index (χ1) is 12.0. The van der Waals surface area contributed by atoms with Gasteiger partial charge < -0.3 is 14.8 Å². The van der Waals surface area contributed by atoms with Crippen LogP contribution in [0.2, 0.25) is 5.02 Å². The topological polar surface area (TPSA) is 93.7 Å². The lowest BCUT2D eigenvalue weighted by atomic mass is 10.1. The van der Waals surface area contributed by atoms with E-state index in [1.165, 1.54) is 12.1 Å². The zero-order chi connectivity index (χ0) is 17.6. The molecule has 0 atom stereocenters. The Kier molecular flexibility index (Phi) is 3.58. The van der Waals surface area contributed by atoms with Crippen molar-refractivity contribution < 1.29 is 23.9 Å². The van der Waals surface area contributed by atoms with Crippen molar-refractivity contribution in [2.24, 2.45) is 0 Å². The highest BCUT2D eigenvalue weighted by Gasteiger charge is 2.27. The molecule has 0 unspecified atom stereocenters. The van der Waals surface area contributed by atoms with Crippen LogP contribution >= 0.6 is 11.6 Å². The summed E-state index contributed by atoms with van der Waals surface area (Å²) in [5.41, 5.74) is 1.55. The lowest BCUT2D eigenvalue weighted by molar-refractivity contribution is -0.115. The van der Waals surface area contributed by atoms with E-state index in [1.54, 1.807) is 18.2 Å². The number of ether oxygens (including phenoxy) is 2. The molecule has 0 radical (unpaired) electrons. The molecule has 0 saturated carbocycles. The number of imide groups is 1. The minimum absolute atomic E-state index is 0.0255. The van der Waals surface area contributed by atoms with Gasteiger partial charge in [-0.3, -0.25) is 19.7 Å². The van der Waals surface area contributed by atoms with Crippen molar-refractivity contribution in [1.82, 2.24) is 5.32 Å². The van der Waals surface area contributed by atoms with Crippen LogP contribution in [0.3, 0.4) is 0 Å². The first kappa shape index (κ1) is 15.5. The van der Waals surface area contributed by atoms with Crippen molar-refractivity contribution >= 4 is 35.0 Å². The summed E-state index contributed by atoms with van der Waals surface area (Å²) in [7, 11) is 0. The van der Waals surface area contributed by atoms with E-state index >= 15 is 0 Å². The molecule has 4 rings (SSSR count). The molecular weight excluding hydrogens is 348 g/mol. The van der Waals surface area contributed by atoms with Crippen molar-refractivity contribution in [3.05, 3.63) is 52.0 Å². The van der Waals surface area contributed by atoms with E-state index < -0.39 is 11.8 Å². The van der Waals surface area contributed by atoms with Gasteiger partial charge in [0, 0.05) is 16.8 Å². The van der Waals surface area contributed by atoms with Crippen LogP contribution in [-0.4, -0.2) is 24.5 Å². The van der Waals surface area contributed by atoms with Gasteiger partial charge in [-0.15, -0.1) is 0 Å². The molecule has 2 aliphatic heterocycles. The fourth-order valence-corrected chi connectivity index (χ4v) is 2.94. The molecule has 8 heteroatoms. The number of benzene rings is 2. The Bertz CT molecular complexity index is 941. The van der Waals surface area contributed by atoms with Crippen molar-refractivity contribution in [3.8, 4) is 11.5 Å². The molecule has 0 aliphatic carbocycles. The second-order valence-electron chi connectivity index (χ2n) is 5.57. The van der Waals surface area contributed by atoms with E-state index in [-0.39, 0.29) is 24.7 Å². The van der Waals surface area contributed by atoms with E-state index in [2.05, 4.69) is 10.6 Å². The fourth-order valence-electron chi connectivity index (χ4n) is 2.72. The monoisotopic (exact) mass is 358 g/mol. The molecule has 7 nitrogen and oxygen atoms in total. The van der Waals surface area contributed by atoms with E-state index in [0.29, 0.717) is 33.3 Å². The van der Waals surface area contributed by atoms with Crippen LogP contribution in [0, 0.1) is 0 Å². The zero-order valence-corrected chi connectivity index (χ0v) is 13.5. The van der Waals surface area contributed by atoms with Crippen LogP contribution < -0.4 is 20.1 Å². The van der Waals surface area contributed by atoms with E-state index in [9.17, 15) is 14.4 Å². The molecule has 2 aromatic carbocycles. The first-order valence-corrected chi connectivity index (χ1v) is 7.76. The van der Waals surface area contributed by atoms with Gasteiger partial charge in [0.15, 0.2) is 11.5 Å². The molecule has 0 saturated heterocycles. The molecular formula is C17H11ClN2O5. The number of fused-ring (bicyclic) bond motifs is 2.